The van der Waals surface area contributed by atoms with Gasteiger partial charge in [0, 0.05) is 16.6 Å². The highest BCUT2D eigenvalue weighted by Crippen LogP contribution is 2.15. The van der Waals surface area contributed by atoms with Crippen LogP contribution in [0.5, 0.6) is 0 Å². The molecule has 7 nitrogen and oxygen atoms in total. The van der Waals surface area contributed by atoms with E-state index in [0.717, 1.165) is 17.7 Å². The Kier molecular flexibility index (Phi) is 8.58. The number of aliphatic hydroxyl groups is 1. The van der Waals surface area contributed by atoms with Gasteiger partial charge in [-0.15, -0.1) is 0 Å². The lowest BCUT2D eigenvalue weighted by Gasteiger charge is -2.20. The number of rotatable bonds is 8. The van der Waals surface area contributed by atoms with Gasteiger partial charge in [0.1, 0.15) is 5.82 Å². The maximum atomic E-state index is 13.8. The number of halogens is 3. The van der Waals surface area contributed by atoms with Crippen LogP contribution in [0.25, 0.3) is 0 Å². The van der Waals surface area contributed by atoms with E-state index < -0.39 is 47.9 Å². The van der Waals surface area contributed by atoms with Crippen molar-refractivity contribution in [2.45, 2.75) is 25.6 Å². The topological polar surface area (TPSA) is 105 Å². The van der Waals surface area contributed by atoms with Gasteiger partial charge >= 0.3 is 5.97 Å². The van der Waals surface area contributed by atoms with Gasteiger partial charge in [-0.3, -0.25) is 9.59 Å². The van der Waals surface area contributed by atoms with Crippen molar-refractivity contribution in [1.29, 1.82) is 0 Å². The predicted molar refractivity (Wildman–Crippen MR) is 109 cm³/mol. The molecule has 0 spiro atoms. The van der Waals surface area contributed by atoms with E-state index in [4.69, 9.17) is 27.9 Å². The molecule has 0 radical (unpaired) electrons. The van der Waals surface area contributed by atoms with Crippen molar-refractivity contribution in [3.63, 3.8) is 0 Å². The molecule has 2 amide bonds. The van der Waals surface area contributed by atoms with Gasteiger partial charge in [0.2, 0.25) is 0 Å². The zero-order chi connectivity index (χ0) is 22.3. The van der Waals surface area contributed by atoms with E-state index in [1.54, 1.807) is 24.3 Å². The van der Waals surface area contributed by atoms with Crippen LogP contribution in [0.15, 0.2) is 42.5 Å². The highest BCUT2D eigenvalue weighted by atomic mass is 35.5. The van der Waals surface area contributed by atoms with Crippen molar-refractivity contribution >= 4 is 41.0 Å². The first-order valence-corrected chi connectivity index (χ1v) is 9.54. The largest absolute Gasteiger partial charge is 0.454 e. The molecule has 0 aliphatic heterocycles. The van der Waals surface area contributed by atoms with E-state index >= 15 is 0 Å². The zero-order valence-electron chi connectivity index (χ0n) is 15.8. The Morgan fingerprint density at radius 2 is 1.83 bits per heavy atom. The van der Waals surface area contributed by atoms with Gasteiger partial charge in [-0.1, -0.05) is 35.3 Å². The Labute approximate surface area is 182 Å². The minimum absolute atomic E-state index is 0.120. The number of aliphatic hydroxyl groups excluding tert-OH is 1. The third kappa shape index (κ3) is 6.98. The molecule has 0 saturated carbocycles. The number of esters is 1. The maximum absolute atomic E-state index is 13.8. The van der Waals surface area contributed by atoms with E-state index in [9.17, 15) is 23.9 Å². The Morgan fingerprint density at radius 3 is 2.50 bits per heavy atom. The van der Waals surface area contributed by atoms with Crippen molar-refractivity contribution in [3.8, 4) is 0 Å². The summed E-state index contributed by atoms with van der Waals surface area (Å²) in [5, 5.41) is 15.2. The van der Waals surface area contributed by atoms with Crippen LogP contribution in [0, 0.1) is 5.82 Å². The average Bonchev–Trinajstić information content (AvgIpc) is 2.70. The molecule has 0 aliphatic rings. The van der Waals surface area contributed by atoms with Crippen LogP contribution in [0.4, 0.5) is 4.39 Å². The Hall–Kier alpha value is -2.68. The fourth-order valence-electron chi connectivity index (χ4n) is 2.39. The van der Waals surface area contributed by atoms with Gasteiger partial charge in [0.15, 0.2) is 12.6 Å². The summed E-state index contributed by atoms with van der Waals surface area (Å²) < 4.78 is 18.7. The van der Waals surface area contributed by atoms with E-state index in [1.807, 2.05) is 0 Å². The fraction of sp³-hybridized carbons (Fsp3) is 0.250. The van der Waals surface area contributed by atoms with Gasteiger partial charge in [0.05, 0.1) is 11.7 Å². The lowest BCUT2D eigenvalue weighted by Crippen LogP contribution is -2.49. The summed E-state index contributed by atoms with van der Waals surface area (Å²) in [6.07, 6.45) is -1.36. The normalized spacial score (nSPS) is 12.6. The molecule has 2 unspecified atom stereocenters. The summed E-state index contributed by atoms with van der Waals surface area (Å²) in [5.41, 5.74) is 0.347. The van der Waals surface area contributed by atoms with Crippen molar-refractivity contribution in [2.24, 2.45) is 0 Å². The summed E-state index contributed by atoms with van der Waals surface area (Å²) in [6.45, 7) is 0.769. The quantitative estimate of drug-likeness (QED) is 0.529. The number of ether oxygens (including phenoxy) is 1. The summed E-state index contributed by atoms with van der Waals surface area (Å²) in [7, 11) is 0. The highest BCUT2D eigenvalue weighted by Gasteiger charge is 2.29. The molecule has 0 heterocycles. The second-order valence-corrected chi connectivity index (χ2v) is 7.20. The summed E-state index contributed by atoms with van der Waals surface area (Å²) >= 11 is 11.6. The van der Waals surface area contributed by atoms with Gasteiger partial charge in [0.25, 0.3) is 11.8 Å². The van der Waals surface area contributed by atoms with Gasteiger partial charge in [-0.25, -0.2) is 9.18 Å². The van der Waals surface area contributed by atoms with E-state index in [2.05, 4.69) is 10.6 Å². The third-order valence-electron chi connectivity index (χ3n) is 3.92. The monoisotopic (exact) mass is 456 g/mol. The van der Waals surface area contributed by atoms with Crippen LogP contribution >= 0.6 is 23.2 Å². The van der Waals surface area contributed by atoms with Gasteiger partial charge < -0.3 is 20.5 Å². The SMILES string of the molecule is CC(O)C(NC(=O)c1cc(Cl)ccc1F)C(=O)OCC(=O)NCc1cccc(Cl)c1. The van der Waals surface area contributed by atoms with Gasteiger partial charge in [-0.2, -0.15) is 0 Å². The molecule has 0 aromatic heterocycles. The Bertz CT molecular complexity index is 939. The van der Waals surface area contributed by atoms with Crippen molar-refractivity contribution in [1.82, 2.24) is 10.6 Å². The van der Waals surface area contributed by atoms with Crippen LogP contribution in [0.3, 0.4) is 0 Å². The number of amides is 2. The molecule has 2 aromatic rings. The summed E-state index contributed by atoms with van der Waals surface area (Å²) in [6, 6.07) is 8.66. The van der Waals surface area contributed by atoms with Crippen LogP contribution in [-0.2, 0) is 20.9 Å². The van der Waals surface area contributed by atoms with Crippen LogP contribution in [0.2, 0.25) is 10.0 Å². The minimum Gasteiger partial charge on any atom is -0.454 e. The number of nitrogens with one attached hydrogen (secondary N) is 2. The zero-order valence-corrected chi connectivity index (χ0v) is 17.3. The first kappa shape index (κ1) is 23.6. The number of hydrogen-bond donors (Lipinski definition) is 3. The van der Waals surface area contributed by atoms with E-state index in [1.165, 1.54) is 13.0 Å². The van der Waals surface area contributed by atoms with Crippen molar-refractivity contribution in [2.75, 3.05) is 6.61 Å². The smallest absolute Gasteiger partial charge is 0.331 e. The number of carbonyl (C=O) groups excluding carboxylic acids is 3. The first-order chi connectivity index (χ1) is 14.2. The van der Waals surface area contributed by atoms with Crippen LogP contribution < -0.4 is 10.6 Å². The summed E-state index contributed by atoms with van der Waals surface area (Å²) in [4.78, 5) is 36.3. The second-order valence-electron chi connectivity index (χ2n) is 6.33. The number of benzene rings is 2. The molecule has 160 valence electrons. The first-order valence-electron chi connectivity index (χ1n) is 8.79. The predicted octanol–water partition coefficient (Wildman–Crippen LogP) is 2.47. The molecular formula is C20H19Cl2FN2O5. The highest BCUT2D eigenvalue weighted by molar-refractivity contribution is 6.31. The standard InChI is InChI=1S/C20H19Cl2FN2O5/c1-11(26)18(25-19(28)15-8-14(22)5-6-16(15)23)20(29)30-10-17(27)24-9-12-3-2-4-13(21)7-12/h2-8,11,18,26H,9-10H2,1H3,(H,24,27)(H,25,28). The second kappa shape index (κ2) is 10.9. The minimum atomic E-state index is -1.52. The molecule has 2 rings (SSSR count). The summed E-state index contributed by atoms with van der Waals surface area (Å²) in [5.74, 6) is -3.48. The fourth-order valence-corrected chi connectivity index (χ4v) is 2.78. The molecule has 10 heteroatoms. The molecule has 30 heavy (non-hydrogen) atoms. The molecular weight excluding hydrogens is 438 g/mol. The number of hydrogen-bond acceptors (Lipinski definition) is 5. The Morgan fingerprint density at radius 1 is 1.13 bits per heavy atom. The van der Waals surface area contributed by atoms with Crippen LogP contribution in [-0.4, -0.2) is 41.6 Å². The molecule has 2 aromatic carbocycles. The molecule has 0 saturated heterocycles. The van der Waals surface area contributed by atoms with Crippen molar-refractivity contribution < 1.29 is 28.6 Å². The molecule has 3 N–H and O–H groups in total. The lowest BCUT2D eigenvalue weighted by molar-refractivity contribution is -0.152. The van der Waals surface area contributed by atoms with E-state index in [-0.39, 0.29) is 11.6 Å². The Balaban J connectivity index is 1.91. The molecule has 0 bridgehead atoms. The third-order valence-corrected chi connectivity index (χ3v) is 4.39. The molecule has 0 aliphatic carbocycles. The van der Waals surface area contributed by atoms with E-state index in [0.29, 0.717) is 5.02 Å². The average molecular weight is 457 g/mol. The maximum Gasteiger partial charge on any atom is 0.331 e. The van der Waals surface area contributed by atoms with Crippen LogP contribution in [0.1, 0.15) is 22.8 Å². The lowest BCUT2D eigenvalue weighted by atomic mass is 10.1. The molecule has 2 atom stereocenters. The van der Waals surface area contributed by atoms with Gasteiger partial charge in [-0.05, 0) is 42.8 Å². The number of carbonyl (C=O) groups is 3. The van der Waals surface area contributed by atoms with Crippen molar-refractivity contribution in [3.05, 3.63) is 69.5 Å². The molecule has 0 fully saturated rings.